The van der Waals surface area contributed by atoms with Gasteiger partial charge in [0, 0.05) is 18.1 Å². The van der Waals surface area contributed by atoms with Crippen LogP contribution in [0.25, 0.3) is 0 Å². The highest BCUT2D eigenvalue weighted by Crippen LogP contribution is 2.28. The maximum absolute atomic E-state index is 5.91. The lowest BCUT2D eigenvalue weighted by molar-refractivity contribution is 0.413. The molecule has 76 valence electrons. The van der Waals surface area contributed by atoms with Crippen LogP contribution in [0.4, 0.5) is 5.69 Å². The minimum absolute atomic E-state index is 0.488. The molecule has 1 aliphatic heterocycles. The van der Waals surface area contributed by atoms with E-state index in [1.165, 1.54) is 0 Å². The molecule has 0 radical (unpaired) electrons. The van der Waals surface area contributed by atoms with E-state index in [9.17, 15) is 0 Å². The largest absolute Gasteiger partial charge is 0.495 e. The molecule has 0 spiro atoms. The van der Waals surface area contributed by atoms with E-state index in [0.29, 0.717) is 6.04 Å². The van der Waals surface area contributed by atoms with Crippen LogP contribution in [0.2, 0.25) is 5.02 Å². The van der Waals surface area contributed by atoms with Gasteiger partial charge in [0.05, 0.1) is 18.8 Å². The number of anilines is 1. The second-order valence-electron chi connectivity index (χ2n) is 3.34. The molecule has 1 aliphatic rings. The highest BCUT2D eigenvalue weighted by molar-refractivity contribution is 6.30. The summed E-state index contributed by atoms with van der Waals surface area (Å²) in [5.74, 6) is 0.835. The van der Waals surface area contributed by atoms with E-state index in [4.69, 9.17) is 16.3 Å². The summed E-state index contributed by atoms with van der Waals surface area (Å²) in [6, 6.07) is 6.07. The fourth-order valence-electron chi connectivity index (χ4n) is 1.40. The molecule has 2 N–H and O–H groups in total. The van der Waals surface area contributed by atoms with Crippen LogP contribution in [0.1, 0.15) is 0 Å². The molecule has 4 heteroatoms. The van der Waals surface area contributed by atoms with Crippen molar-refractivity contribution in [2.75, 3.05) is 25.5 Å². The first kappa shape index (κ1) is 9.62. The van der Waals surface area contributed by atoms with Gasteiger partial charge in [-0.2, -0.15) is 0 Å². The van der Waals surface area contributed by atoms with Crippen LogP contribution < -0.4 is 15.4 Å². The number of rotatable bonds is 3. The Morgan fingerprint density at radius 2 is 2.29 bits per heavy atom. The third kappa shape index (κ3) is 1.94. The van der Waals surface area contributed by atoms with Crippen molar-refractivity contribution in [1.82, 2.24) is 5.32 Å². The number of benzene rings is 1. The zero-order chi connectivity index (χ0) is 9.97. The summed E-state index contributed by atoms with van der Waals surface area (Å²) in [5.41, 5.74) is 0.964. The molecule has 0 amide bonds. The summed E-state index contributed by atoms with van der Waals surface area (Å²) in [7, 11) is 1.66. The van der Waals surface area contributed by atoms with Gasteiger partial charge in [-0.25, -0.2) is 0 Å². The molecule has 1 saturated heterocycles. The van der Waals surface area contributed by atoms with Gasteiger partial charge in [-0.3, -0.25) is 0 Å². The number of halogens is 1. The normalized spacial score (nSPS) is 16.1. The minimum atomic E-state index is 0.488. The first-order chi connectivity index (χ1) is 6.79. The minimum Gasteiger partial charge on any atom is -0.495 e. The third-order valence-corrected chi connectivity index (χ3v) is 2.54. The van der Waals surface area contributed by atoms with Gasteiger partial charge in [-0.05, 0) is 18.2 Å². The Morgan fingerprint density at radius 3 is 2.86 bits per heavy atom. The highest BCUT2D eigenvalue weighted by atomic mass is 35.5. The van der Waals surface area contributed by atoms with Crippen molar-refractivity contribution >= 4 is 17.3 Å². The van der Waals surface area contributed by atoms with Crippen molar-refractivity contribution in [3.8, 4) is 5.75 Å². The second kappa shape index (κ2) is 4.07. The van der Waals surface area contributed by atoms with Crippen LogP contribution >= 0.6 is 11.6 Å². The van der Waals surface area contributed by atoms with E-state index >= 15 is 0 Å². The van der Waals surface area contributed by atoms with Crippen molar-refractivity contribution in [2.24, 2.45) is 0 Å². The Kier molecular flexibility index (Phi) is 2.79. The Balaban J connectivity index is 2.15. The quantitative estimate of drug-likeness (QED) is 0.801. The van der Waals surface area contributed by atoms with Gasteiger partial charge in [0.2, 0.25) is 0 Å². The standard InChI is InChI=1S/C10H13ClN2O/c1-14-10-3-2-7(11)4-9(10)13-8-5-12-6-8/h2-4,8,12-13H,5-6H2,1H3. The molecule has 3 nitrogen and oxygen atoms in total. The van der Waals surface area contributed by atoms with Gasteiger partial charge in [0.25, 0.3) is 0 Å². The maximum atomic E-state index is 5.91. The molecule has 0 aliphatic carbocycles. The summed E-state index contributed by atoms with van der Waals surface area (Å²) in [4.78, 5) is 0. The summed E-state index contributed by atoms with van der Waals surface area (Å²) >= 11 is 5.91. The van der Waals surface area contributed by atoms with Gasteiger partial charge in [-0.1, -0.05) is 11.6 Å². The first-order valence-electron chi connectivity index (χ1n) is 4.60. The van der Waals surface area contributed by atoms with Gasteiger partial charge < -0.3 is 15.4 Å². The second-order valence-corrected chi connectivity index (χ2v) is 3.78. The topological polar surface area (TPSA) is 33.3 Å². The van der Waals surface area contributed by atoms with Crippen molar-refractivity contribution in [3.63, 3.8) is 0 Å². The van der Waals surface area contributed by atoms with Crippen molar-refractivity contribution < 1.29 is 4.74 Å². The van der Waals surface area contributed by atoms with Crippen LogP contribution in [0.15, 0.2) is 18.2 Å². The predicted molar refractivity (Wildman–Crippen MR) is 58.3 cm³/mol. The van der Waals surface area contributed by atoms with Crippen molar-refractivity contribution in [1.29, 1.82) is 0 Å². The van der Waals surface area contributed by atoms with Crippen LogP contribution in [0.3, 0.4) is 0 Å². The molecule has 0 bridgehead atoms. The van der Waals surface area contributed by atoms with Crippen molar-refractivity contribution in [2.45, 2.75) is 6.04 Å². The molecule has 1 aromatic carbocycles. The molecular weight excluding hydrogens is 200 g/mol. The van der Waals surface area contributed by atoms with Gasteiger partial charge >= 0.3 is 0 Å². The van der Waals surface area contributed by atoms with Gasteiger partial charge in [-0.15, -0.1) is 0 Å². The fraction of sp³-hybridized carbons (Fsp3) is 0.400. The Hall–Kier alpha value is -0.930. The van der Waals surface area contributed by atoms with Crippen molar-refractivity contribution in [3.05, 3.63) is 23.2 Å². The molecule has 14 heavy (non-hydrogen) atoms. The average molecular weight is 213 g/mol. The van der Waals surface area contributed by atoms with Crippen LogP contribution in [-0.4, -0.2) is 26.2 Å². The van der Waals surface area contributed by atoms with Crippen LogP contribution in [0, 0.1) is 0 Å². The molecule has 1 aromatic rings. The van der Waals surface area contributed by atoms with Gasteiger partial charge in [0.1, 0.15) is 5.75 Å². The SMILES string of the molecule is COc1ccc(Cl)cc1NC1CNC1. The van der Waals surface area contributed by atoms with Crippen LogP contribution in [0.5, 0.6) is 5.75 Å². The number of ether oxygens (including phenoxy) is 1. The lowest BCUT2D eigenvalue weighted by atomic mass is 10.1. The Morgan fingerprint density at radius 1 is 1.50 bits per heavy atom. The molecule has 1 fully saturated rings. The van der Waals surface area contributed by atoms with E-state index in [1.807, 2.05) is 18.2 Å². The zero-order valence-electron chi connectivity index (χ0n) is 8.01. The Labute approximate surface area is 88.4 Å². The zero-order valence-corrected chi connectivity index (χ0v) is 8.77. The summed E-state index contributed by atoms with van der Waals surface area (Å²) in [5, 5.41) is 7.29. The molecule has 0 unspecified atom stereocenters. The molecule has 0 atom stereocenters. The lowest BCUT2D eigenvalue weighted by Gasteiger charge is -2.29. The van der Waals surface area contributed by atoms with Gasteiger partial charge in [0.15, 0.2) is 0 Å². The first-order valence-corrected chi connectivity index (χ1v) is 4.98. The predicted octanol–water partition coefficient (Wildman–Crippen LogP) is 1.73. The molecule has 0 saturated carbocycles. The summed E-state index contributed by atoms with van der Waals surface area (Å²) < 4.78 is 5.23. The average Bonchev–Trinajstić information content (AvgIpc) is 2.12. The maximum Gasteiger partial charge on any atom is 0.142 e. The molecule has 0 aromatic heterocycles. The lowest BCUT2D eigenvalue weighted by Crippen LogP contribution is -2.51. The van der Waals surface area contributed by atoms with E-state index in [0.717, 1.165) is 29.5 Å². The monoisotopic (exact) mass is 212 g/mol. The highest BCUT2D eigenvalue weighted by Gasteiger charge is 2.17. The van der Waals surface area contributed by atoms with Crippen LogP contribution in [-0.2, 0) is 0 Å². The Bertz CT molecular complexity index is 326. The third-order valence-electron chi connectivity index (χ3n) is 2.30. The molecule has 1 heterocycles. The summed E-state index contributed by atoms with van der Waals surface area (Å²) in [6.45, 7) is 1.99. The van der Waals surface area contributed by atoms with E-state index in [2.05, 4.69) is 10.6 Å². The van der Waals surface area contributed by atoms with E-state index in [1.54, 1.807) is 7.11 Å². The number of hydrogen-bond donors (Lipinski definition) is 2. The molecular formula is C10H13ClN2O. The smallest absolute Gasteiger partial charge is 0.142 e. The number of methoxy groups -OCH3 is 1. The number of nitrogens with one attached hydrogen (secondary N) is 2. The summed E-state index contributed by atoms with van der Waals surface area (Å²) in [6.07, 6.45) is 0. The number of hydrogen-bond acceptors (Lipinski definition) is 3. The van der Waals surface area contributed by atoms with E-state index < -0.39 is 0 Å². The fourth-order valence-corrected chi connectivity index (χ4v) is 1.58. The van der Waals surface area contributed by atoms with E-state index in [-0.39, 0.29) is 0 Å². The molecule has 2 rings (SSSR count).